The van der Waals surface area contributed by atoms with Crippen LogP contribution in [0.3, 0.4) is 0 Å². The molecule has 0 atom stereocenters. The Morgan fingerprint density at radius 2 is 2.06 bits per heavy atom. The first-order valence-electron chi connectivity index (χ1n) is 6.57. The zero-order valence-electron chi connectivity index (χ0n) is 11.1. The molecule has 0 radical (unpaired) electrons. The van der Waals surface area contributed by atoms with Gasteiger partial charge in [-0.3, -0.25) is 4.98 Å². The van der Waals surface area contributed by atoms with E-state index in [4.69, 9.17) is 18.0 Å². The number of anilines is 1. The molecule has 0 saturated heterocycles. The lowest BCUT2D eigenvalue weighted by Gasteiger charge is -2.35. The normalized spacial score (nSPS) is 23.7. The lowest BCUT2D eigenvalue weighted by molar-refractivity contribution is 0.340. The van der Waals surface area contributed by atoms with Crippen molar-refractivity contribution in [2.75, 3.05) is 11.9 Å². The Hall–Kier alpha value is -1.16. The third-order valence-electron chi connectivity index (χ3n) is 3.93. The van der Waals surface area contributed by atoms with Crippen LogP contribution in [-0.4, -0.2) is 23.1 Å². The average Bonchev–Trinajstić information content (AvgIpc) is 2.39. The molecule has 3 nitrogen and oxygen atoms in total. The van der Waals surface area contributed by atoms with Gasteiger partial charge in [-0.05, 0) is 43.7 Å². The molecule has 4 heteroatoms. The van der Waals surface area contributed by atoms with Crippen molar-refractivity contribution in [1.82, 2.24) is 4.98 Å². The van der Waals surface area contributed by atoms with E-state index in [1.807, 2.05) is 6.07 Å². The van der Waals surface area contributed by atoms with Crippen LogP contribution >= 0.6 is 12.2 Å². The molecule has 2 N–H and O–H groups in total. The maximum absolute atomic E-state index is 5.75. The van der Waals surface area contributed by atoms with Crippen LogP contribution in [0.15, 0.2) is 18.3 Å². The largest absolute Gasteiger partial charge is 0.388 e. The quantitative estimate of drug-likeness (QED) is 0.852. The van der Waals surface area contributed by atoms with Crippen LogP contribution in [0.4, 0.5) is 5.69 Å². The Morgan fingerprint density at radius 1 is 1.39 bits per heavy atom. The van der Waals surface area contributed by atoms with E-state index in [1.165, 1.54) is 25.7 Å². The van der Waals surface area contributed by atoms with Crippen LogP contribution < -0.4 is 10.6 Å². The molecule has 0 spiro atoms. The molecule has 18 heavy (non-hydrogen) atoms. The van der Waals surface area contributed by atoms with E-state index in [-0.39, 0.29) is 0 Å². The van der Waals surface area contributed by atoms with Crippen molar-refractivity contribution < 1.29 is 0 Å². The number of nitrogens with zero attached hydrogens (tertiary/aromatic N) is 2. The minimum Gasteiger partial charge on any atom is -0.388 e. The number of nitrogens with two attached hydrogens (primary N) is 1. The Labute approximate surface area is 114 Å². The van der Waals surface area contributed by atoms with Crippen LogP contribution in [-0.2, 0) is 0 Å². The molecule has 1 heterocycles. The molecule has 1 saturated carbocycles. The molecule has 1 aliphatic rings. The lowest BCUT2D eigenvalue weighted by atomic mass is 9.86. The molecule has 0 unspecified atom stereocenters. The molecule has 98 valence electrons. The zero-order chi connectivity index (χ0) is 13.1. The van der Waals surface area contributed by atoms with Crippen molar-refractivity contribution in [1.29, 1.82) is 0 Å². The lowest BCUT2D eigenvalue weighted by Crippen LogP contribution is -2.36. The van der Waals surface area contributed by atoms with Gasteiger partial charge in [-0.2, -0.15) is 0 Å². The Kier molecular flexibility index (Phi) is 4.17. The maximum Gasteiger partial charge on any atom is 0.124 e. The summed E-state index contributed by atoms with van der Waals surface area (Å²) in [5.41, 5.74) is 7.55. The standard InChI is InChI=1S/C14H21N3S/c1-10-5-7-11(8-6-10)17(2)12-4-3-9-16-13(12)14(15)18/h3-4,9-11H,5-8H2,1-2H3,(H2,15,18). The van der Waals surface area contributed by atoms with Gasteiger partial charge in [0.15, 0.2) is 0 Å². The summed E-state index contributed by atoms with van der Waals surface area (Å²) in [6.07, 6.45) is 6.83. The van der Waals surface area contributed by atoms with E-state index in [1.54, 1.807) is 6.20 Å². The van der Waals surface area contributed by atoms with Crippen molar-refractivity contribution in [3.8, 4) is 0 Å². The number of thiocarbonyl (C=S) groups is 1. The van der Waals surface area contributed by atoms with Crippen molar-refractivity contribution >= 4 is 22.9 Å². The molecule has 1 aromatic heterocycles. The van der Waals surface area contributed by atoms with Crippen LogP contribution in [0, 0.1) is 5.92 Å². The molecule has 1 aliphatic carbocycles. The van der Waals surface area contributed by atoms with E-state index in [2.05, 4.69) is 29.9 Å². The van der Waals surface area contributed by atoms with Gasteiger partial charge in [-0.15, -0.1) is 0 Å². The molecule has 2 rings (SSSR count). The van der Waals surface area contributed by atoms with Gasteiger partial charge in [0.1, 0.15) is 10.7 Å². The minimum atomic E-state index is 0.377. The molecule has 0 aromatic carbocycles. The van der Waals surface area contributed by atoms with E-state index >= 15 is 0 Å². The number of hydrogen-bond donors (Lipinski definition) is 1. The molecule has 0 bridgehead atoms. The van der Waals surface area contributed by atoms with Gasteiger partial charge in [0.25, 0.3) is 0 Å². The Morgan fingerprint density at radius 3 is 2.67 bits per heavy atom. The summed E-state index contributed by atoms with van der Waals surface area (Å²) in [7, 11) is 2.12. The van der Waals surface area contributed by atoms with Crippen molar-refractivity contribution in [2.45, 2.75) is 38.6 Å². The average molecular weight is 263 g/mol. The van der Waals surface area contributed by atoms with Crippen molar-refractivity contribution in [3.05, 3.63) is 24.0 Å². The fraction of sp³-hybridized carbons (Fsp3) is 0.571. The second-order valence-electron chi connectivity index (χ2n) is 5.26. The van der Waals surface area contributed by atoms with Gasteiger partial charge >= 0.3 is 0 Å². The summed E-state index contributed by atoms with van der Waals surface area (Å²) >= 11 is 5.08. The highest BCUT2D eigenvalue weighted by atomic mass is 32.1. The third-order valence-corrected chi connectivity index (χ3v) is 4.13. The number of pyridine rings is 1. The second-order valence-corrected chi connectivity index (χ2v) is 5.70. The number of aromatic nitrogens is 1. The smallest absolute Gasteiger partial charge is 0.124 e. The molecular weight excluding hydrogens is 242 g/mol. The topological polar surface area (TPSA) is 42.2 Å². The molecule has 0 amide bonds. The summed E-state index contributed by atoms with van der Waals surface area (Å²) in [6, 6.07) is 4.58. The minimum absolute atomic E-state index is 0.377. The van der Waals surface area contributed by atoms with Gasteiger partial charge in [-0.1, -0.05) is 19.1 Å². The fourth-order valence-electron chi connectivity index (χ4n) is 2.70. The first-order chi connectivity index (χ1) is 8.59. The van der Waals surface area contributed by atoms with Gasteiger partial charge in [0.2, 0.25) is 0 Å². The SMILES string of the molecule is CC1CCC(N(C)c2cccnc2C(N)=S)CC1. The van der Waals surface area contributed by atoms with E-state index in [0.717, 1.165) is 17.3 Å². The maximum atomic E-state index is 5.75. The monoisotopic (exact) mass is 263 g/mol. The summed E-state index contributed by atoms with van der Waals surface area (Å²) in [5.74, 6) is 0.860. The first kappa shape index (κ1) is 13.3. The van der Waals surface area contributed by atoms with Gasteiger partial charge in [0.05, 0.1) is 5.69 Å². The zero-order valence-corrected chi connectivity index (χ0v) is 11.9. The molecule has 1 aromatic rings. The highest BCUT2D eigenvalue weighted by Crippen LogP contribution is 2.30. The molecule has 0 aliphatic heterocycles. The van der Waals surface area contributed by atoms with E-state index in [0.29, 0.717) is 11.0 Å². The third kappa shape index (κ3) is 2.80. The Balaban J connectivity index is 2.18. The predicted octanol–water partition coefficient (Wildman–Crippen LogP) is 2.73. The number of hydrogen-bond acceptors (Lipinski definition) is 3. The Bertz CT molecular complexity index is 425. The highest BCUT2D eigenvalue weighted by molar-refractivity contribution is 7.80. The summed E-state index contributed by atoms with van der Waals surface area (Å²) in [5, 5.41) is 0. The number of rotatable bonds is 3. The predicted molar refractivity (Wildman–Crippen MR) is 79.9 cm³/mol. The van der Waals surface area contributed by atoms with Gasteiger partial charge in [-0.25, -0.2) is 0 Å². The van der Waals surface area contributed by atoms with Crippen molar-refractivity contribution in [3.63, 3.8) is 0 Å². The second kappa shape index (κ2) is 5.65. The fourth-order valence-corrected chi connectivity index (χ4v) is 2.86. The van der Waals surface area contributed by atoms with Gasteiger partial charge in [0, 0.05) is 19.3 Å². The first-order valence-corrected chi connectivity index (χ1v) is 6.98. The summed E-state index contributed by atoms with van der Waals surface area (Å²) in [6.45, 7) is 2.33. The highest BCUT2D eigenvalue weighted by Gasteiger charge is 2.23. The van der Waals surface area contributed by atoms with Crippen LogP contribution in [0.1, 0.15) is 38.3 Å². The van der Waals surface area contributed by atoms with Crippen molar-refractivity contribution in [2.24, 2.45) is 11.7 Å². The van der Waals surface area contributed by atoms with Crippen LogP contribution in [0.2, 0.25) is 0 Å². The van der Waals surface area contributed by atoms with Crippen LogP contribution in [0.25, 0.3) is 0 Å². The van der Waals surface area contributed by atoms with E-state index < -0.39 is 0 Å². The molecular formula is C14H21N3S. The van der Waals surface area contributed by atoms with Gasteiger partial charge < -0.3 is 10.6 Å². The molecule has 1 fully saturated rings. The van der Waals surface area contributed by atoms with Crippen LogP contribution in [0.5, 0.6) is 0 Å². The summed E-state index contributed by atoms with van der Waals surface area (Å²) in [4.78, 5) is 6.98. The van der Waals surface area contributed by atoms with E-state index in [9.17, 15) is 0 Å². The summed E-state index contributed by atoms with van der Waals surface area (Å²) < 4.78 is 0.